The Hall–Kier alpha value is -1.55. The van der Waals surface area contributed by atoms with E-state index in [0.717, 1.165) is 30.6 Å². The molecule has 4 nitrogen and oxygen atoms in total. The second-order valence-electron chi connectivity index (χ2n) is 4.66. The van der Waals surface area contributed by atoms with Crippen LogP contribution in [0.15, 0.2) is 24.3 Å². The van der Waals surface area contributed by atoms with Crippen molar-refractivity contribution in [2.24, 2.45) is 0 Å². The minimum atomic E-state index is -0.528. The first-order chi connectivity index (χ1) is 9.08. The molecule has 0 aromatic heterocycles. The molecule has 4 heteroatoms. The maximum Gasteiger partial charge on any atom is 0.321 e. The zero-order valence-electron chi connectivity index (χ0n) is 12.0. The normalized spacial score (nSPS) is 12.0. The fourth-order valence-electron chi connectivity index (χ4n) is 1.83. The quantitative estimate of drug-likeness (QED) is 0.827. The number of carbonyl (C=O) groups is 1. The number of benzene rings is 1. The summed E-state index contributed by atoms with van der Waals surface area (Å²) in [6.07, 6.45) is 1.55. The van der Waals surface area contributed by atoms with Crippen LogP contribution in [0.4, 0.5) is 10.5 Å². The van der Waals surface area contributed by atoms with E-state index in [0.29, 0.717) is 6.54 Å². The van der Waals surface area contributed by atoms with Crippen LogP contribution in [-0.4, -0.2) is 29.1 Å². The van der Waals surface area contributed by atoms with Crippen molar-refractivity contribution in [2.75, 3.05) is 18.4 Å². The Morgan fingerprint density at radius 2 is 2.16 bits per heavy atom. The first kappa shape index (κ1) is 15.5. The fourth-order valence-corrected chi connectivity index (χ4v) is 1.83. The van der Waals surface area contributed by atoms with Gasteiger partial charge in [-0.05, 0) is 38.0 Å². The van der Waals surface area contributed by atoms with Gasteiger partial charge in [-0.15, -0.1) is 0 Å². The van der Waals surface area contributed by atoms with Gasteiger partial charge in [0.25, 0.3) is 0 Å². The average Bonchev–Trinajstić information content (AvgIpc) is 2.40. The number of urea groups is 1. The second kappa shape index (κ2) is 7.79. The van der Waals surface area contributed by atoms with Crippen LogP contribution >= 0.6 is 0 Å². The second-order valence-corrected chi connectivity index (χ2v) is 4.66. The van der Waals surface area contributed by atoms with Gasteiger partial charge in [0.2, 0.25) is 0 Å². The molecule has 106 valence electrons. The third-order valence-corrected chi connectivity index (χ3v) is 3.07. The van der Waals surface area contributed by atoms with Crippen molar-refractivity contribution in [2.45, 2.75) is 39.7 Å². The summed E-state index contributed by atoms with van der Waals surface area (Å²) in [6, 6.07) is 7.22. The van der Waals surface area contributed by atoms with Gasteiger partial charge in [0.1, 0.15) is 0 Å². The Bertz CT molecular complexity index is 405. The van der Waals surface area contributed by atoms with Gasteiger partial charge in [0.05, 0.1) is 6.10 Å². The summed E-state index contributed by atoms with van der Waals surface area (Å²) in [5, 5.41) is 12.4. The van der Waals surface area contributed by atoms with Crippen LogP contribution in [0.3, 0.4) is 0 Å². The number of hydrogen-bond donors (Lipinski definition) is 2. The number of nitrogens with zero attached hydrogens (tertiary/aromatic N) is 1. The Morgan fingerprint density at radius 1 is 1.42 bits per heavy atom. The van der Waals surface area contributed by atoms with Crippen LogP contribution in [0.2, 0.25) is 0 Å². The van der Waals surface area contributed by atoms with Gasteiger partial charge in [-0.1, -0.05) is 25.5 Å². The number of aliphatic hydroxyl groups excluding tert-OH is 1. The summed E-state index contributed by atoms with van der Waals surface area (Å²) >= 11 is 0. The van der Waals surface area contributed by atoms with Crippen molar-refractivity contribution < 1.29 is 9.90 Å². The first-order valence-corrected chi connectivity index (χ1v) is 6.92. The predicted octanol–water partition coefficient (Wildman–Crippen LogP) is 3.39. The van der Waals surface area contributed by atoms with Crippen molar-refractivity contribution in [1.29, 1.82) is 0 Å². The zero-order valence-corrected chi connectivity index (χ0v) is 12.0. The molecule has 0 heterocycles. The molecule has 0 spiro atoms. The molecule has 0 bridgehead atoms. The van der Waals surface area contributed by atoms with Crippen molar-refractivity contribution in [1.82, 2.24) is 4.90 Å². The van der Waals surface area contributed by atoms with Gasteiger partial charge in [0, 0.05) is 18.8 Å². The molecular weight excluding hydrogens is 240 g/mol. The van der Waals surface area contributed by atoms with Gasteiger partial charge in [-0.3, -0.25) is 0 Å². The lowest BCUT2D eigenvalue weighted by molar-refractivity contribution is 0.199. The monoisotopic (exact) mass is 264 g/mol. The number of amides is 2. The largest absolute Gasteiger partial charge is 0.389 e. The average molecular weight is 264 g/mol. The van der Waals surface area contributed by atoms with E-state index in [4.69, 9.17) is 0 Å². The smallest absolute Gasteiger partial charge is 0.321 e. The van der Waals surface area contributed by atoms with E-state index in [1.807, 2.05) is 25.1 Å². The van der Waals surface area contributed by atoms with Crippen LogP contribution in [-0.2, 0) is 0 Å². The highest BCUT2D eigenvalue weighted by Gasteiger charge is 2.11. The lowest BCUT2D eigenvalue weighted by atomic mass is 10.1. The lowest BCUT2D eigenvalue weighted by Gasteiger charge is -2.21. The van der Waals surface area contributed by atoms with E-state index in [1.165, 1.54) is 0 Å². The van der Waals surface area contributed by atoms with E-state index < -0.39 is 6.10 Å². The van der Waals surface area contributed by atoms with Crippen molar-refractivity contribution >= 4 is 11.7 Å². The topological polar surface area (TPSA) is 52.6 Å². The fraction of sp³-hybridized carbons (Fsp3) is 0.533. The van der Waals surface area contributed by atoms with E-state index >= 15 is 0 Å². The van der Waals surface area contributed by atoms with Crippen molar-refractivity contribution in [3.05, 3.63) is 29.8 Å². The Morgan fingerprint density at radius 3 is 2.74 bits per heavy atom. The number of rotatable bonds is 6. The van der Waals surface area contributed by atoms with Crippen LogP contribution < -0.4 is 5.32 Å². The molecule has 1 rings (SSSR count). The number of aliphatic hydroxyl groups is 1. The van der Waals surface area contributed by atoms with Gasteiger partial charge in [-0.25, -0.2) is 4.79 Å². The molecule has 1 unspecified atom stereocenters. The number of carbonyl (C=O) groups excluding carboxylic acids is 1. The minimum absolute atomic E-state index is 0.0845. The molecule has 0 aliphatic carbocycles. The van der Waals surface area contributed by atoms with E-state index in [2.05, 4.69) is 12.2 Å². The highest BCUT2D eigenvalue weighted by Crippen LogP contribution is 2.17. The molecule has 1 aromatic rings. The standard InChI is InChI=1S/C15H24N2O2/c1-4-6-10-17(5-2)15(19)16-14-9-7-8-13(11-14)12(3)18/h7-9,11-12,18H,4-6,10H2,1-3H3,(H,16,19). The highest BCUT2D eigenvalue weighted by molar-refractivity contribution is 5.89. The van der Waals surface area contributed by atoms with Gasteiger partial charge < -0.3 is 15.3 Å². The minimum Gasteiger partial charge on any atom is -0.389 e. The maximum atomic E-state index is 12.1. The molecular formula is C15H24N2O2. The molecule has 19 heavy (non-hydrogen) atoms. The summed E-state index contributed by atoms with van der Waals surface area (Å²) in [5.74, 6) is 0. The third-order valence-electron chi connectivity index (χ3n) is 3.07. The number of hydrogen-bond acceptors (Lipinski definition) is 2. The van der Waals surface area contributed by atoms with Crippen LogP contribution in [0, 0.1) is 0 Å². The molecule has 0 fully saturated rings. The summed E-state index contributed by atoms with van der Waals surface area (Å²) in [6.45, 7) is 7.26. The number of anilines is 1. The van der Waals surface area contributed by atoms with E-state index in [-0.39, 0.29) is 6.03 Å². The summed E-state index contributed by atoms with van der Waals surface area (Å²) in [7, 11) is 0. The van der Waals surface area contributed by atoms with E-state index in [1.54, 1.807) is 17.9 Å². The molecule has 0 saturated heterocycles. The van der Waals surface area contributed by atoms with Gasteiger partial charge >= 0.3 is 6.03 Å². The molecule has 2 N–H and O–H groups in total. The highest BCUT2D eigenvalue weighted by atomic mass is 16.3. The number of nitrogens with one attached hydrogen (secondary N) is 1. The molecule has 0 aliphatic heterocycles. The molecule has 0 aliphatic rings. The summed E-state index contributed by atoms with van der Waals surface area (Å²) in [5.41, 5.74) is 1.52. The molecule has 1 aromatic carbocycles. The Kier molecular flexibility index (Phi) is 6.36. The van der Waals surface area contributed by atoms with E-state index in [9.17, 15) is 9.90 Å². The maximum absolute atomic E-state index is 12.1. The third kappa shape index (κ3) is 4.91. The Balaban J connectivity index is 2.67. The zero-order chi connectivity index (χ0) is 14.3. The van der Waals surface area contributed by atoms with Crippen molar-refractivity contribution in [3.63, 3.8) is 0 Å². The van der Waals surface area contributed by atoms with Crippen LogP contribution in [0.25, 0.3) is 0 Å². The van der Waals surface area contributed by atoms with Gasteiger partial charge in [-0.2, -0.15) is 0 Å². The Labute approximate surface area is 115 Å². The SMILES string of the molecule is CCCCN(CC)C(=O)Nc1cccc(C(C)O)c1. The molecule has 0 radical (unpaired) electrons. The summed E-state index contributed by atoms with van der Waals surface area (Å²) < 4.78 is 0. The first-order valence-electron chi connectivity index (χ1n) is 6.92. The lowest BCUT2D eigenvalue weighted by Crippen LogP contribution is -2.35. The van der Waals surface area contributed by atoms with Gasteiger partial charge in [0.15, 0.2) is 0 Å². The predicted molar refractivity (Wildman–Crippen MR) is 78.2 cm³/mol. The molecule has 1 atom stereocenters. The van der Waals surface area contributed by atoms with Crippen LogP contribution in [0.1, 0.15) is 45.3 Å². The molecule has 0 saturated carbocycles. The number of unbranched alkanes of at least 4 members (excludes halogenated alkanes) is 1. The van der Waals surface area contributed by atoms with Crippen molar-refractivity contribution in [3.8, 4) is 0 Å². The van der Waals surface area contributed by atoms with Crippen LogP contribution in [0.5, 0.6) is 0 Å². The summed E-state index contributed by atoms with van der Waals surface area (Å²) in [4.78, 5) is 13.9. The molecule has 2 amide bonds.